The van der Waals surface area contributed by atoms with Crippen LogP contribution in [0.2, 0.25) is 0 Å². The van der Waals surface area contributed by atoms with Crippen LogP contribution in [0.3, 0.4) is 0 Å². The fourth-order valence-corrected chi connectivity index (χ4v) is 2.29. The molecule has 0 aliphatic rings. The van der Waals surface area contributed by atoms with Crippen LogP contribution in [0.1, 0.15) is 17.2 Å². The van der Waals surface area contributed by atoms with Crippen molar-refractivity contribution in [2.24, 2.45) is 0 Å². The summed E-state index contributed by atoms with van der Waals surface area (Å²) in [6, 6.07) is 13.4. The van der Waals surface area contributed by atoms with E-state index in [1.54, 1.807) is 19.2 Å². The lowest BCUT2D eigenvalue weighted by molar-refractivity contribution is -0.120. The predicted molar refractivity (Wildman–Crippen MR) is 91.1 cm³/mol. The summed E-state index contributed by atoms with van der Waals surface area (Å²) in [5, 5.41) is 5.77. The highest BCUT2D eigenvalue weighted by molar-refractivity contribution is 5.78. The molecule has 0 radical (unpaired) electrons. The van der Waals surface area contributed by atoms with E-state index in [1.807, 2.05) is 24.3 Å². The van der Waals surface area contributed by atoms with E-state index in [0.29, 0.717) is 0 Å². The van der Waals surface area contributed by atoms with Crippen molar-refractivity contribution in [3.63, 3.8) is 0 Å². The molecule has 24 heavy (non-hydrogen) atoms. The second-order valence-electron chi connectivity index (χ2n) is 5.12. The Morgan fingerprint density at radius 3 is 2.29 bits per heavy atom. The maximum absolute atomic E-state index is 13.2. The number of halogens is 1. The first-order valence-corrected chi connectivity index (χ1v) is 7.47. The number of ether oxygens (including phenoxy) is 1. The van der Waals surface area contributed by atoms with Gasteiger partial charge in [-0.1, -0.05) is 30.2 Å². The number of benzene rings is 2. The molecule has 1 amide bonds. The van der Waals surface area contributed by atoms with Crippen LogP contribution in [0.25, 0.3) is 0 Å². The lowest BCUT2D eigenvalue weighted by Crippen LogP contribution is -2.36. The van der Waals surface area contributed by atoms with E-state index < -0.39 is 0 Å². The molecule has 1 atom stereocenters. The third-order valence-electron chi connectivity index (χ3n) is 3.51. The van der Waals surface area contributed by atoms with E-state index >= 15 is 0 Å². The molecule has 2 rings (SSSR count). The molecule has 0 bridgehead atoms. The lowest BCUT2D eigenvalue weighted by Gasteiger charge is -2.20. The van der Waals surface area contributed by atoms with Gasteiger partial charge in [0.2, 0.25) is 5.91 Å². The highest BCUT2D eigenvalue weighted by atomic mass is 19.1. The number of carbonyl (C=O) groups excluding carboxylic acids is 1. The Morgan fingerprint density at radius 1 is 1.17 bits per heavy atom. The van der Waals surface area contributed by atoms with Crippen molar-refractivity contribution in [2.45, 2.75) is 6.04 Å². The second-order valence-corrected chi connectivity index (χ2v) is 5.12. The van der Waals surface area contributed by atoms with Crippen LogP contribution in [0.4, 0.5) is 4.39 Å². The molecule has 5 heteroatoms. The van der Waals surface area contributed by atoms with E-state index in [0.717, 1.165) is 16.9 Å². The number of amides is 1. The van der Waals surface area contributed by atoms with Crippen LogP contribution in [0.15, 0.2) is 48.5 Å². The van der Waals surface area contributed by atoms with Crippen molar-refractivity contribution in [2.75, 3.05) is 20.2 Å². The zero-order valence-electron chi connectivity index (χ0n) is 13.4. The molecule has 0 spiro atoms. The average molecular weight is 326 g/mol. The molecule has 0 aromatic heterocycles. The molecule has 124 valence electrons. The molecule has 4 nitrogen and oxygen atoms in total. The van der Waals surface area contributed by atoms with E-state index in [4.69, 9.17) is 11.2 Å². The van der Waals surface area contributed by atoms with Gasteiger partial charge in [-0.2, -0.15) is 0 Å². The Labute approximate surface area is 141 Å². The molecule has 0 heterocycles. The average Bonchev–Trinajstić information content (AvgIpc) is 2.62. The Balaban J connectivity index is 2.19. The zero-order valence-corrected chi connectivity index (χ0v) is 13.4. The Morgan fingerprint density at radius 2 is 1.75 bits per heavy atom. The third-order valence-corrected chi connectivity index (χ3v) is 3.51. The topological polar surface area (TPSA) is 50.4 Å². The van der Waals surface area contributed by atoms with Crippen molar-refractivity contribution >= 4 is 5.91 Å². The van der Waals surface area contributed by atoms with Crippen LogP contribution in [-0.4, -0.2) is 26.1 Å². The van der Waals surface area contributed by atoms with Gasteiger partial charge in [-0.3, -0.25) is 10.1 Å². The van der Waals surface area contributed by atoms with Gasteiger partial charge in [-0.05, 0) is 35.4 Å². The van der Waals surface area contributed by atoms with Gasteiger partial charge in [-0.25, -0.2) is 4.39 Å². The second kappa shape index (κ2) is 8.70. The van der Waals surface area contributed by atoms with Gasteiger partial charge in [0, 0.05) is 0 Å². The van der Waals surface area contributed by atoms with Crippen LogP contribution in [0, 0.1) is 18.2 Å². The molecule has 2 N–H and O–H groups in total. The number of carbonyl (C=O) groups is 1. The molecular weight excluding hydrogens is 307 g/mol. The molecule has 0 fully saturated rings. The summed E-state index contributed by atoms with van der Waals surface area (Å²) in [7, 11) is 1.60. The first-order valence-electron chi connectivity index (χ1n) is 7.47. The number of terminal acetylenes is 1. The van der Waals surface area contributed by atoms with E-state index in [9.17, 15) is 9.18 Å². The van der Waals surface area contributed by atoms with Gasteiger partial charge in [0.05, 0.1) is 26.2 Å². The summed E-state index contributed by atoms with van der Waals surface area (Å²) in [4.78, 5) is 11.8. The SMILES string of the molecule is C#CCNC(=O)CN[C@H](c1ccc(F)cc1)c1ccc(OC)cc1. The summed E-state index contributed by atoms with van der Waals surface area (Å²) in [5.74, 6) is 2.59. The summed E-state index contributed by atoms with van der Waals surface area (Å²) in [6.07, 6.45) is 5.12. The van der Waals surface area contributed by atoms with Crippen LogP contribution >= 0.6 is 0 Å². The van der Waals surface area contributed by atoms with Crippen LogP contribution in [0.5, 0.6) is 5.75 Å². The smallest absolute Gasteiger partial charge is 0.234 e. The van der Waals surface area contributed by atoms with Crippen molar-refractivity contribution in [1.29, 1.82) is 0 Å². The largest absolute Gasteiger partial charge is 0.497 e. The number of hydrogen-bond donors (Lipinski definition) is 2. The zero-order chi connectivity index (χ0) is 17.4. The van der Waals surface area contributed by atoms with Gasteiger partial charge in [0.15, 0.2) is 0 Å². The molecule has 0 aliphatic heterocycles. The van der Waals surface area contributed by atoms with E-state index in [2.05, 4.69) is 16.6 Å². The third kappa shape index (κ3) is 4.83. The van der Waals surface area contributed by atoms with Crippen molar-refractivity contribution < 1.29 is 13.9 Å². The summed E-state index contributed by atoms with van der Waals surface area (Å²) < 4.78 is 18.3. The van der Waals surface area contributed by atoms with Crippen LogP contribution < -0.4 is 15.4 Å². The molecule has 2 aromatic carbocycles. The number of hydrogen-bond acceptors (Lipinski definition) is 3. The van der Waals surface area contributed by atoms with Gasteiger partial charge < -0.3 is 10.1 Å². The Bertz CT molecular complexity index is 706. The molecule has 2 aromatic rings. The minimum Gasteiger partial charge on any atom is -0.497 e. The van der Waals surface area contributed by atoms with Gasteiger partial charge in [0.1, 0.15) is 11.6 Å². The maximum atomic E-state index is 13.2. The molecule has 0 unspecified atom stereocenters. The Kier molecular flexibility index (Phi) is 6.35. The highest BCUT2D eigenvalue weighted by Gasteiger charge is 2.15. The van der Waals surface area contributed by atoms with Gasteiger partial charge in [-0.15, -0.1) is 6.42 Å². The minimum atomic E-state index is -0.306. The Hall–Kier alpha value is -2.84. The van der Waals surface area contributed by atoms with Crippen LogP contribution in [-0.2, 0) is 4.79 Å². The fraction of sp³-hybridized carbons (Fsp3) is 0.211. The molecule has 0 saturated carbocycles. The maximum Gasteiger partial charge on any atom is 0.234 e. The summed E-state index contributed by atoms with van der Waals surface area (Å²) in [6.45, 7) is 0.278. The van der Waals surface area contributed by atoms with E-state index in [-0.39, 0.29) is 30.9 Å². The molecule has 0 saturated heterocycles. The highest BCUT2D eigenvalue weighted by Crippen LogP contribution is 2.24. The first kappa shape index (κ1) is 17.5. The molecule has 0 aliphatic carbocycles. The summed E-state index contributed by atoms with van der Waals surface area (Å²) in [5.41, 5.74) is 1.79. The van der Waals surface area contributed by atoms with Crippen molar-refractivity contribution in [3.8, 4) is 18.1 Å². The normalized spacial score (nSPS) is 11.4. The van der Waals surface area contributed by atoms with Crippen molar-refractivity contribution in [1.82, 2.24) is 10.6 Å². The fourth-order valence-electron chi connectivity index (χ4n) is 2.29. The monoisotopic (exact) mass is 326 g/mol. The van der Waals surface area contributed by atoms with Gasteiger partial charge in [0.25, 0.3) is 0 Å². The number of nitrogens with one attached hydrogen (secondary N) is 2. The van der Waals surface area contributed by atoms with E-state index in [1.165, 1.54) is 12.1 Å². The lowest BCUT2D eigenvalue weighted by atomic mass is 9.98. The number of rotatable bonds is 7. The molecular formula is C19H19FN2O2. The standard InChI is InChI=1S/C19H19FN2O2/c1-3-12-21-18(23)13-22-19(14-4-8-16(20)9-5-14)15-6-10-17(24-2)11-7-15/h1,4-11,19,22H,12-13H2,2H3,(H,21,23)/t19-/m1/s1. The van der Waals surface area contributed by atoms with Gasteiger partial charge >= 0.3 is 0 Å². The predicted octanol–water partition coefficient (Wildman–Crippen LogP) is 2.26. The minimum absolute atomic E-state index is 0.0930. The van der Waals surface area contributed by atoms with Crippen molar-refractivity contribution in [3.05, 3.63) is 65.5 Å². The number of methoxy groups -OCH3 is 1. The first-order chi connectivity index (χ1) is 11.6. The quantitative estimate of drug-likeness (QED) is 0.768. The summed E-state index contributed by atoms with van der Waals surface area (Å²) >= 11 is 0.